The van der Waals surface area contributed by atoms with Gasteiger partial charge in [0.1, 0.15) is 17.0 Å². The third kappa shape index (κ3) is 4.84. The first-order chi connectivity index (χ1) is 15.6. The molecule has 4 rings (SSSR count). The van der Waals surface area contributed by atoms with E-state index in [4.69, 9.17) is 26.1 Å². The zero-order valence-electron chi connectivity index (χ0n) is 17.7. The molecule has 0 N–H and O–H groups in total. The minimum Gasteiger partial charge on any atom is -0.494 e. The van der Waals surface area contributed by atoms with Gasteiger partial charge in [0.25, 0.3) is 0 Å². The van der Waals surface area contributed by atoms with Gasteiger partial charge in [0, 0.05) is 12.4 Å². The fraction of sp³-hybridized carbons (Fsp3) is 0.208. The minimum atomic E-state index is -0.0693. The molecule has 1 amide bonds. The maximum atomic E-state index is 13.4. The summed E-state index contributed by atoms with van der Waals surface area (Å²) in [5.74, 6) is 1.33. The molecular formula is C24H22ClN3O3S. The van der Waals surface area contributed by atoms with Crippen LogP contribution in [0.25, 0.3) is 10.2 Å². The van der Waals surface area contributed by atoms with Crippen LogP contribution in [-0.4, -0.2) is 29.6 Å². The van der Waals surface area contributed by atoms with Gasteiger partial charge < -0.3 is 9.47 Å². The third-order valence-corrected chi connectivity index (χ3v) is 6.42. The van der Waals surface area contributed by atoms with Crippen LogP contribution in [0.2, 0.25) is 5.02 Å². The molecule has 0 unspecified atom stereocenters. The average Bonchev–Trinajstić information content (AvgIpc) is 3.26. The summed E-state index contributed by atoms with van der Waals surface area (Å²) in [6.07, 6.45) is 3.66. The van der Waals surface area contributed by atoms with Gasteiger partial charge in [-0.1, -0.05) is 35.1 Å². The van der Waals surface area contributed by atoms with E-state index < -0.39 is 0 Å². The summed E-state index contributed by atoms with van der Waals surface area (Å²) in [6, 6.07) is 14.9. The van der Waals surface area contributed by atoms with E-state index in [2.05, 4.69) is 4.98 Å². The molecular weight excluding hydrogens is 446 g/mol. The number of benzene rings is 2. The molecule has 0 saturated carbocycles. The van der Waals surface area contributed by atoms with E-state index in [9.17, 15) is 4.79 Å². The molecule has 0 saturated heterocycles. The highest BCUT2D eigenvalue weighted by Crippen LogP contribution is 2.39. The van der Waals surface area contributed by atoms with Gasteiger partial charge in [-0.15, -0.1) is 0 Å². The topological polar surface area (TPSA) is 64.5 Å². The molecule has 0 aliphatic carbocycles. The van der Waals surface area contributed by atoms with Crippen LogP contribution in [0.15, 0.2) is 60.9 Å². The first kappa shape index (κ1) is 22.0. The molecule has 0 bridgehead atoms. The largest absolute Gasteiger partial charge is 0.494 e. The van der Waals surface area contributed by atoms with Crippen molar-refractivity contribution in [2.24, 2.45) is 0 Å². The van der Waals surface area contributed by atoms with Gasteiger partial charge in [0.05, 0.1) is 36.4 Å². The lowest BCUT2D eigenvalue weighted by Gasteiger charge is -2.20. The van der Waals surface area contributed by atoms with Crippen molar-refractivity contribution in [2.45, 2.75) is 19.9 Å². The Morgan fingerprint density at radius 1 is 1.06 bits per heavy atom. The molecule has 2 heterocycles. The summed E-state index contributed by atoms with van der Waals surface area (Å²) in [7, 11) is 1.59. The quantitative estimate of drug-likeness (QED) is 0.341. The van der Waals surface area contributed by atoms with Crippen molar-refractivity contribution in [3.05, 3.63) is 77.1 Å². The average molecular weight is 468 g/mol. The van der Waals surface area contributed by atoms with E-state index in [0.29, 0.717) is 34.6 Å². The lowest BCUT2D eigenvalue weighted by Crippen LogP contribution is -2.31. The number of carbonyl (C=O) groups excluding carboxylic acids is 1. The van der Waals surface area contributed by atoms with Crippen LogP contribution in [0, 0.1) is 0 Å². The molecule has 2 aromatic carbocycles. The second-order valence-electron chi connectivity index (χ2n) is 7.01. The van der Waals surface area contributed by atoms with Gasteiger partial charge in [0.2, 0.25) is 5.91 Å². The number of carbonyl (C=O) groups is 1. The Bertz CT molecular complexity index is 1210. The number of methoxy groups -OCH3 is 1. The molecule has 8 heteroatoms. The number of hydrogen-bond acceptors (Lipinski definition) is 6. The van der Waals surface area contributed by atoms with Crippen molar-refractivity contribution < 1.29 is 14.3 Å². The van der Waals surface area contributed by atoms with E-state index in [1.54, 1.807) is 36.5 Å². The Labute approximate surface area is 195 Å². The summed E-state index contributed by atoms with van der Waals surface area (Å²) >= 11 is 7.78. The Balaban J connectivity index is 1.68. The minimum absolute atomic E-state index is 0.0693. The highest BCUT2D eigenvalue weighted by Gasteiger charge is 2.22. The molecule has 2 aromatic heterocycles. The Kier molecular flexibility index (Phi) is 6.87. The van der Waals surface area contributed by atoms with Crippen LogP contribution in [0.5, 0.6) is 11.5 Å². The van der Waals surface area contributed by atoms with Gasteiger partial charge in [-0.05, 0) is 54.4 Å². The molecule has 0 aliphatic heterocycles. The SMILES string of the molecule is CCOc1ccc(CC(=O)N(Cc2ccncc2)c2nc3c(OC)ccc(Cl)c3s2)cc1. The van der Waals surface area contributed by atoms with E-state index in [1.807, 2.05) is 43.3 Å². The summed E-state index contributed by atoms with van der Waals surface area (Å²) in [5, 5.41) is 1.14. The van der Waals surface area contributed by atoms with E-state index >= 15 is 0 Å². The number of aromatic nitrogens is 2. The van der Waals surface area contributed by atoms with Crippen molar-refractivity contribution >= 4 is 44.2 Å². The third-order valence-electron chi connectivity index (χ3n) is 4.88. The van der Waals surface area contributed by atoms with Crippen LogP contribution in [0.1, 0.15) is 18.1 Å². The molecule has 0 atom stereocenters. The van der Waals surface area contributed by atoms with Crippen LogP contribution in [0.3, 0.4) is 0 Å². The number of halogens is 1. The van der Waals surface area contributed by atoms with Crippen molar-refractivity contribution in [3.8, 4) is 11.5 Å². The van der Waals surface area contributed by atoms with Crippen molar-refractivity contribution in [1.29, 1.82) is 0 Å². The predicted molar refractivity (Wildman–Crippen MR) is 128 cm³/mol. The fourth-order valence-electron chi connectivity index (χ4n) is 3.29. The van der Waals surface area contributed by atoms with Gasteiger partial charge in [0.15, 0.2) is 5.13 Å². The van der Waals surface area contributed by atoms with E-state index in [0.717, 1.165) is 21.6 Å². The zero-order chi connectivity index (χ0) is 22.5. The maximum absolute atomic E-state index is 13.4. The number of anilines is 1. The number of rotatable bonds is 8. The van der Waals surface area contributed by atoms with Crippen LogP contribution in [-0.2, 0) is 17.8 Å². The Hall–Kier alpha value is -3.16. The van der Waals surface area contributed by atoms with Crippen molar-refractivity contribution in [1.82, 2.24) is 9.97 Å². The lowest BCUT2D eigenvalue weighted by molar-refractivity contribution is -0.118. The monoisotopic (exact) mass is 467 g/mol. The Morgan fingerprint density at radius 2 is 1.81 bits per heavy atom. The van der Waals surface area contributed by atoms with Gasteiger partial charge in [-0.25, -0.2) is 4.98 Å². The van der Waals surface area contributed by atoms with Crippen molar-refractivity contribution in [2.75, 3.05) is 18.6 Å². The van der Waals surface area contributed by atoms with Gasteiger partial charge in [-0.2, -0.15) is 0 Å². The summed E-state index contributed by atoms with van der Waals surface area (Å²) < 4.78 is 11.7. The number of ether oxygens (including phenoxy) is 2. The number of amides is 1. The number of nitrogens with zero attached hydrogens (tertiary/aromatic N) is 3. The zero-order valence-corrected chi connectivity index (χ0v) is 19.3. The second kappa shape index (κ2) is 9.97. The summed E-state index contributed by atoms with van der Waals surface area (Å²) in [5.41, 5.74) is 2.50. The number of thiazole rings is 1. The summed E-state index contributed by atoms with van der Waals surface area (Å²) in [6.45, 7) is 2.91. The molecule has 0 spiro atoms. The van der Waals surface area contributed by atoms with Crippen LogP contribution < -0.4 is 14.4 Å². The Morgan fingerprint density at radius 3 is 2.50 bits per heavy atom. The molecule has 6 nitrogen and oxygen atoms in total. The lowest BCUT2D eigenvalue weighted by atomic mass is 10.1. The van der Waals surface area contributed by atoms with E-state index in [1.165, 1.54) is 11.3 Å². The first-order valence-corrected chi connectivity index (χ1v) is 11.3. The number of fused-ring (bicyclic) bond motifs is 1. The van der Waals surface area contributed by atoms with Crippen LogP contribution >= 0.6 is 22.9 Å². The summed E-state index contributed by atoms with van der Waals surface area (Å²) in [4.78, 5) is 23.9. The van der Waals surface area contributed by atoms with E-state index in [-0.39, 0.29) is 12.3 Å². The fourth-order valence-corrected chi connectivity index (χ4v) is 4.57. The van der Waals surface area contributed by atoms with Crippen LogP contribution in [0.4, 0.5) is 5.13 Å². The van der Waals surface area contributed by atoms with Gasteiger partial charge >= 0.3 is 0 Å². The maximum Gasteiger partial charge on any atom is 0.233 e. The molecule has 4 aromatic rings. The number of pyridine rings is 1. The highest BCUT2D eigenvalue weighted by atomic mass is 35.5. The molecule has 0 aliphatic rings. The van der Waals surface area contributed by atoms with Crippen molar-refractivity contribution in [3.63, 3.8) is 0 Å². The molecule has 0 fully saturated rings. The molecule has 0 radical (unpaired) electrons. The smallest absolute Gasteiger partial charge is 0.233 e. The van der Waals surface area contributed by atoms with Gasteiger partial charge in [-0.3, -0.25) is 14.7 Å². The number of hydrogen-bond donors (Lipinski definition) is 0. The molecule has 164 valence electrons. The predicted octanol–water partition coefficient (Wildman–Crippen LogP) is 5.53. The highest BCUT2D eigenvalue weighted by molar-refractivity contribution is 7.23. The molecule has 32 heavy (non-hydrogen) atoms. The second-order valence-corrected chi connectivity index (χ2v) is 8.40. The standard InChI is InChI=1S/C24H22ClN3O3S/c1-3-31-18-6-4-16(5-7-18)14-21(29)28(15-17-10-12-26-13-11-17)24-27-22-20(30-2)9-8-19(25)23(22)32-24/h4-13H,3,14-15H2,1-2H3. The normalized spacial score (nSPS) is 10.8. The first-order valence-electron chi connectivity index (χ1n) is 10.1.